The Morgan fingerprint density at radius 2 is 1.50 bits per heavy atom. The first-order valence-electron chi connectivity index (χ1n) is 6.99. The van der Waals surface area contributed by atoms with Gasteiger partial charge in [0, 0.05) is 23.7 Å². The summed E-state index contributed by atoms with van der Waals surface area (Å²) in [5.41, 5.74) is 1.50. The van der Waals surface area contributed by atoms with E-state index >= 15 is 0 Å². The van der Waals surface area contributed by atoms with Gasteiger partial charge in [0.05, 0.1) is 6.42 Å². The summed E-state index contributed by atoms with van der Waals surface area (Å²) in [6.45, 7) is 0.783. The molecule has 0 aliphatic rings. The van der Waals surface area contributed by atoms with Crippen LogP contribution in [0.5, 0.6) is 0 Å². The minimum absolute atomic E-state index is 0.0868. The van der Waals surface area contributed by atoms with E-state index in [0.717, 1.165) is 5.56 Å². The van der Waals surface area contributed by atoms with Gasteiger partial charge in [-0.3, -0.25) is 9.59 Å². The predicted molar refractivity (Wildman–Crippen MR) is 86.9 cm³/mol. The molecule has 0 heterocycles. The molecule has 0 bridgehead atoms. The van der Waals surface area contributed by atoms with Crippen LogP contribution in [0.25, 0.3) is 0 Å². The van der Waals surface area contributed by atoms with Crippen LogP contribution in [0.3, 0.4) is 0 Å². The number of benzene rings is 2. The van der Waals surface area contributed by atoms with E-state index in [2.05, 4.69) is 10.6 Å². The average molecular weight is 317 g/mol. The predicted octanol–water partition coefficient (Wildman–Crippen LogP) is 2.43. The largest absolute Gasteiger partial charge is 0.354 e. The van der Waals surface area contributed by atoms with Crippen LogP contribution in [0.1, 0.15) is 15.9 Å². The second-order valence-corrected chi connectivity index (χ2v) is 5.21. The summed E-state index contributed by atoms with van der Waals surface area (Å²) < 4.78 is 0. The number of rotatable bonds is 6. The molecule has 2 N–H and O–H groups in total. The summed E-state index contributed by atoms with van der Waals surface area (Å²) in [6, 6.07) is 16.1. The highest BCUT2D eigenvalue weighted by Crippen LogP contribution is 2.09. The van der Waals surface area contributed by atoms with Crippen LogP contribution in [0.4, 0.5) is 0 Å². The van der Waals surface area contributed by atoms with E-state index in [1.54, 1.807) is 24.3 Å². The second-order valence-electron chi connectivity index (χ2n) is 4.78. The standard InChI is InChI=1S/C17H17ClN2O2/c18-15-8-6-13(7-9-15)12-16(21)19-10-11-20-17(22)14-4-2-1-3-5-14/h1-9H,10-12H2,(H,19,21)(H,20,22). The lowest BCUT2D eigenvalue weighted by Gasteiger charge is -2.07. The molecular weight excluding hydrogens is 300 g/mol. The molecule has 2 aromatic rings. The van der Waals surface area contributed by atoms with Crippen LogP contribution < -0.4 is 10.6 Å². The third-order valence-electron chi connectivity index (χ3n) is 3.05. The van der Waals surface area contributed by atoms with Crippen molar-refractivity contribution in [1.82, 2.24) is 10.6 Å². The van der Waals surface area contributed by atoms with Gasteiger partial charge >= 0.3 is 0 Å². The fraction of sp³-hybridized carbons (Fsp3) is 0.176. The van der Waals surface area contributed by atoms with E-state index in [9.17, 15) is 9.59 Å². The number of carbonyl (C=O) groups excluding carboxylic acids is 2. The quantitative estimate of drug-likeness (QED) is 0.804. The van der Waals surface area contributed by atoms with Crippen molar-refractivity contribution in [3.8, 4) is 0 Å². The maximum atomic E-state index is 11.8. The van der Waals surface area contributed by atoms with Gasteiger partial charge in [-0.2, -0.15) is 0 Å². The van der Waals surface area contributed by atoms with Gasteiger partial charge in [0.2, 0.25) is 5.91 Å². The molecule has 22 heavy (non-hydrogen) atoms. The molecule has 0 fully saturated rings. The van der Waals surface area contributed by atoms with Crippen molar-refractivity contribution in [3.63, 3.8) is 0 Å². The summed E-state index contributed by atoms with van der Waals surface area (Å²) in [4.78, 5) is 23.5. The van der Waals surface area contributed by atoms with Gasteiger partial charge in [-0.05, 0) is 29.8 Å². The lowest BCUT2D eigenvalue weighted by molar-refractivity contribution is -0.120. The SMILES string of the molecule is O=C(Cc1ccc(Cl)cc1)NCCNC(=O)c1ccccc1. The zero-order chi connectivity index (χ0) is 15.8. The molecule has 2 amide bonds. The summed E-state index contributed by atoms with van der Waals surface area (Å²) in [5, 5.41) is 6.17. The van der Waals surface area contributed by atoms with E-state index in [0.29, 0.717) is 30.1 Å². The topological polar surface area (TPSA) is 58.2 Å². The van der Waals surface area contributed by atoms with Gasteiger partial charge in [-0.1, -0.05) is 41.9 Å². The van der Waals surface area contributed by atoms with E-state index in [-0.39, 0.29) is 11.8 Å². The second kappa shape index (κ2) is 8.20. The van der Waals surface area contributed by atoms with Crippen LogP contribution in [-0.4, -0.2) is 24.9 Å². The number of hydrogen-bond donors (Lipinski definition) is 2. The molecule has 0 aliphatic heterocycles. The fourth-order valence-corrected chi connectivity index (χ4v) is 2.05. The summed E-state index contributed by atoms with van der Waals surface area (Å²) in [7, 11) is 0. The fourth-order valence-electron chi connectivity index (χ4n) is 1.92. The Balaban J connectivity index is 1.67. The van der Waals surface area contributed by atoms with Gasteiger partial charge in [0.15, 0.2) is 0 Å². The van der Waals surface area contributed by atoms with Gasteiger partial charge in [0.25, 0.3) is 5.91 Å². The number of hydrogen-bond acceptors (Lipinski definition) is 2. The highest BCUT2D eigenvalue weighted by Gasteiger charge is 2.05. The maximum Gasteiger partial charge on any atom is 0.251 e. The van der Waals surface area contributed by atoms with Gasteiger partial charge in [0.1, 0.15) is 0 Å². The lowest BCUT2D eigenvalue weighted by Crippen LogP contribution is -2.35. The smallest absolute Gasteiger partial charge is 0.251 e. The van der Waals surface area contributed by atoms with E-state index in [1.165, 1.54) is 0 Å². The Morgan fingerprint density at radius 1 is 0.864 bits per heavy atom. The van der Waals surface area contributed by atoms with Crippen molar-refractivity contribution in [2.24, 2.45) is 0 Å². The third-order valence-corrected chi connectivity index (χ3v) is 3.30. The van der Waals surface area contributed by atoms with E-state index in [1.807, 2.05) is 30.3 Å². The molecular formula is C17H17ClN2O2. The van der Waals surface area contributed by atoms with Crippen molar-refractivity contribution in [3.05, 3.63) is 70.7 Å². The van der Waals surface area contributed by atoms with Crippen molar-refractivity contribution < 1.29 is 9.59 Å². The first-order chi connectivity index (χ1) is 10.6. The van der Waals surface area contributed by atoms with E-state index < -0.39 is 0 Å². The highest BCUT2D eigenvalue weighted by molar-refractivity contribution is 6.30. The Morgan fingerprint density at radius 3 is 2.18 bits per heavy atom. The molecule has 2 rings (SSSR count). The molecule has 4 nitrogen and oxygen atoms in total. The maximum absolute atomic E-state index is 11.8. The van der Waals surface area contributed by atoms with Crippen LogP contribution in [0.2, 0.25) is 5.02 Å². The van der Waals surface area contributed by atoms with Crippen LogP contribution in [0, 0.1) is 0 Å². The summed E-state index contributed by atoms with van der Waals surface area (Å²) in [6.07, 6.45) is 0.295. The van der Waals surface area contributed by atoms with Gasteiger partial charge in [-0.25, -0.2) is 0 Å². The minimum atomic E-state index is -0.146. The normalized spacial score (nSPS) is 10.0. The summed E-state index contributed by atoms with van der Waals surface area (Å²) >= 11 is 5.79. The lowest BCUT2D eigenvalue weighted by atomic mass is 10.1. The van der Waals surface area contributed by atoms with Crippen molar-refractivity contribution >= 4 is 23.4 Å². The Labute approximate surface area is 134 Å². The number of carbonyl (C=O) groups is 2. The molecule has 0 aliphatic carbocycles. The molecule has 0 unspecified atom stereocenters. The van der Waals surface area contributed by atoms with Crippen molar-refractivity contribution in [1.29, 1.82) is 0 Å². The molecule has 2 aromatic carbocycles. The highest BCUT2D eigenvalue weighted by atomic mass is 35.5. The van der Waals surface area contributed by atoms with Crippen LogP contribution in [-0.2, 0) is 11.2 Å². The molecule has 0 aromatic heterocycles. The summed E-state index contributed by atoms with van der Waals surface area (Å²) in [5.74, 6) is -0.233. The first-order valence-corrected chi connectivity index (χ1v) is 7.37. The molecule has 0 spiro atoms. The number of nitrogens with one attached hydrogen (secondary N) is 2. The van der Waals surface area contributed by atoms with Gasteiger partial charge in [-0.15, -0.1) is 0 Å². The average Bonchev–Trinajstić information content (AvgIpc) is 2.54. The molecule has 0 saturated carbocycles. The Bertz CT molecular complexity index is 627. The number of amides is 2. The van der Waals surface area contributed by atoms with Crippen LogP contribution in [0.15, 0.2) is 54.6 Å². The number of halogens is 1. The molecule has 114 valence electrons. The third kappa shape index (κ3) is 5.22. The van der Waals surface area contributed by atoms with Crippen molar-refractivity contribution in [2.45, 2.75) is 6.42 Å². The Hall–Kier alpha value is -2.33. The molecule has 0 saturated heterocycles. The first kappa shape index (κ1) is 16.0. The van der Waals surface area contributed by atoms with Gasteiger partial charge < -0.3 is 10.6 Å². The monoisotopic (exact) mass is 316 g/mol. The zero-order valence-corrected chi connectivity index (χ0v) is 12.8. The van der Waals surface area contributed by atoms with Crippen LogP contribution >= 0.6 is 11.6 Å². The molecule has 0 atom stereocenters. The van der Waals surface area contributed by atoms with Crippen molar-refractivity contribution in [2.75, 3.05) is 13.1 Å². The molecule has 0 radical (unpaired) electrons. The zero-order valence-electron chi connectivity index (χ0n) is 12.0. The Kier molecular flexibility index (Phi) is 5.98. The van der Waals surface area contributed by atoms with E-state index in [4.69, 9.17) is 11.6 Å². The minimum Gasteiger partial charge on any atom is -0.354 e. The molecule has 5 heteroatoms.